The molecule has 0 atom stereocenters. The van der Waals surface area contributed by atoms with E-state index in [0.717, 1.165) is 0 Å². The highest BCUT2D eigenvalue weighted by Gasteiger charge is 2.38. The number of rotatable bonds is 5. The third kappa shape index (κ3) is 4.54. The van der Waals surface area contributed by atoms with Crippen molar-refractivity contribution in [1.29, 1.82) is 5.26 Å². The molecule has 11 heteroatoms. The molecule has 0 aliphatic rings. The Kier molecular flexibility index (Phi) is 5.33. The zero-order chi connectivity index (χ0) is 18.4. The second-order valence-electron chi connectivity index (χ2n) is 4.53. The number of benzene rings is 1. The molecule has 1 aromatic carbocycles. The number of carbonyl (C=O) groups excluding carboxylic acids is 1. The third-order valence-corrected chi connectivity index (χ3v) is 2.84. The fraction of sp³-hybridized carbons (Fsp3) is 0.214. The number of oxime groups is 1. The number of hydrogen-bond donors (Lipinski definition) is 1. The van der Waals surface area contributed by atoms with Crippen LogP contribution < -0.4 is 5.32 Å². The van der Waals surface area contributed by atoms with Crippen molar-refractivity contribution in [2.45, 2.75) is 12.7 Å². The van der Waals surface area contributed by atoms with Crippen LogP contribution in [0.4, 0.5) is 13.2 Å². The van der Waals surface area contributed by atoms with Gasteiger partial charge in [0, 0.05) is 12.1 Å². The molecule has 0 aliphatic carbocycles. The van der Waals surface area contributed by atoms with E-state index in [1.807, 2.05) is 0 Å². The highest BCUT2D eigenvalue weighted by Crippen LogP contribution is 2.29. The van der Waals surface area contributed by atoms with Gasteiger partial charge < -0.3 is 14.7 Å². The minimum absolute atomic E-state index is 0.0730. The standard InChI is InChI=1S/C14H10F3N5O3/c1-24-21-10(6-18)12(23)19-7-8-2-4-9(5-3-8)11-20-13(25-22-11)14(15,16)17/h2-5H,7H2,1H3,(H,19,23)/b21-10+. The topological polar surface area (TPSA) is 113 Å². The van der Waals surface area contributed by atoms with Gasteiger partial charge in [-0.2, -0.15) is 23.4 Å². The minimum atomic E-state index is -4.71. The zero-order valence-electron chi connectivity index (χ0n) is 12.7. The molecule has 25 heavy (non-hydrogen) atoms. The van der Waals surface area contributed by atoms with Crippen LogP contribution in [0.15, 0.2) is 33.9 Å². The second kappa shape index (κ2) is 7.43. The summed E-state index contributed by atoms with van der Waals surface area (Å²) in [7, 11) is 1.20. The molecule has 130 valence electrons. The molecule has 0 unspecified atom stereocenters. The highest BCUT2D eigenvalue weighted by atomic mass is 19.4. The summed E-state index contributed by atoms with van der Waals surface area (Å²) in [5, 5.41) is 17.7. The van der Waals surface area contributed by atoms with Crippen molar-refractivity contribution in [1.82, 2.24) is 15.5 Å². The number of hydrogen-bond acceptors (Lipinski definition) is 7. The Balaban J connectivity index is 2.03. The molecule has 0 saturated carbocycles. The Morgan fingerprint density at radius 2 is 2.08 bits per heavy atom. The fourth-order valence-corrected chi connectivity index (χ4v) is 1.70. The van der Waals surface area contributed by atoms with E-state index in [4.69, 9.17) is 5.26 Å². The summed E-state index contributed by atoms with van der Waals surface area (Å²) in [5.41, 5.74) is 0.505. The van der Waals surface area contributed by atoms with Gasteiger partial charge >= 0.3 is 12.1 Å². The number of alkyl halides is 3. The maximum atomic E-state index is 12.4. The number of amides is 1. The van der Waals surface area contributed by atoms with Gasteiger partial charge in [0.15, 0.2) is 0 Å². The molecule has 2 rings (SSSR count). The van der Waals surface area contributed by atoms with Gasteiger partial charge in [-0.05, 0) is 5.56 Å². The van der Waals surface area contributed by atoms with Crippen molar-refractivity contribution in [3.63, 3.8) is 0 Å². The molecule has 1 aromatic heterocycles. The maximum absolute atomic E-state index is 12.4. The van der Waals surface area contributed by atoms with E-state index in [1.165, 1.54) is 19.2 Å². The van der Waals surface area contributed by atoms with E-state index < -0.39 is 23.7 Å². The van der Waals surface area contributed by atoms with Crippen molar-refractivity contribution in [3.05, 3.63) is 35.7 Å². The lowest BCUT2D eigenvalue weighted by Gasteiger charge is -2.04. The number of halogens is 3. The molecule has 1 amide bonds. The average molecular weight is 353 g/mol. The first-order chi connectivity index (χ1) is 11.8. The number of aromatic nitrogens is 2. The molecule has 0 spiro atoms. The molecule has 0 radical (unpaired) electrons. The number of nitrogens with zero attached hydrogens (tertiary/aromatic N) is 4. The summed E-state index contributed by atoms with van der Waals surface area (Å²) < 4.78 is 41.4. The van der Waals surface area contributed by atoms with Gasteiger partial charge in [0.25, 0.3) is 5.91 Å². The lowest BCUT2D eigenvalue weighted by molar-refractivity contribution is -0.159. The fourth-order valence-electron chi connectivity index (χ4n) is 1.70. The normalized spacial score (nSPS) is 11.7. The van der Waals surface area contributed by atoms with Gasteiger partial charge in [0.05, 0.1) is 0 Å². The second-order valence-corrected chi connectivity index (χ2v) is 4.53. The van der Waals surface area contributed by atoms with E-state index in [0.29, 0.717) is 11.1 Å². The Bertz CT molecular complexity index is 821. The monoisotopic (exact) mass is 353 g/mol. The van der Waals surface area contributed by atoms with Crippen molar-refractivity contribution in [2.24, 2.45) is 5.16 Å². The smallest absolute Gasteiger partial charge is 0.398 e. The molecular formula is C14H10F3N5O3. The first-order valence-electron chi connectivity index (χ1n) is 6.65. The number of carbonyl (C=O) groups is 1. The van der Waals surface area contributed by atoms with Gasteiger partial charge in [-0.1, -0.05) is 34.6 Å². The van der Waals surface area contributed by atoms with Crippen LogP contribution in [-0.2, 0) is 22.4 Å². The lowest BCUT2D eigenvalue weighted by atomic mass is 10.1. The number of nitriles is 1. The zero-order valence-corrected chi connectivity index (χ0v) is 12.7. The molecule has 0 aliphatic heterocycles. The van der Waals surface area contributed by atoms with Crippen LogP contribution in [-0.4, -0.2) is 28.9 Å². The minimum Gasteiger partial charge on any atom is -0.398 e. The van der Waals surface area contributed by atoms with Crippen LogP contribution in [0, 0.1) is 11.3 Å². The largest absolute Gasteiger partial charge is 0.471 e. The summed E-state index contributed by atoms with van der Waals surface area (Å²) in [4.78, 5) is 19.3. The van der Waals surface area contributed by atoms with Gasteiger partial charge in [-0.25, -0.2) is 0 Å². The van der Waals surface area contributed by atoms with Crippen LogP contribution in [0.2, 0.25) is 0 Å². The predicted octanol–water partition coefficient (Wildman–Crippen LogP) is 1.90. The van der Waals surface area contributed by atoms with Crippen LogP contribution in [0.1, 0.15) is 11.5 Å². The average Bonchev–Trinajstić information content (AvgIpc) is 3.08. The first-order valence-corrected chi connectivity index (χ1v) is 6.65. The molecular weight excluding hydrogens is 343 g/mol. The molecule has 0 fully saturated rings. The van der Waals surface area contributed by atoms with Gasteiger partial charge in [-0.3, -0.25) is 4.79 Å². The molecule has 1 heterocycles. The lowest BCUT2D eigenvalue weighted by Crippen LogP contribution is -2.29. The third-order valence-electron chi connectivity index (χ3n) is 2.84. The van der Waals surface area contributed by atoms with E-state index in [1.54, 1.807) is 18.2 Å². The molecule has 2 aromatic rings. The van der Waals surface area contributed by atoms with E-state index >= 15 is 0 Å². The Hall–Kier alpha value is -3.42. The summed E-state index contributed by atoms with van der Waals surface area (Å²) >= 11 is 0. The Morgan fingerprint density at radius 1 is 1.40 bits per heavy atom. The molecule has 0 saturated heterocycles. The molecule has 8 nitrogen and oxygen atoms in total. The van der Waals surface area contributed by atoms with Gasteiger partial charge in [-0.15, -0.1) is 0 Å². The first kappa shape index (κ1) is 17.9. The summed E-state index contributed by atoms with van der Waals surface area (Å²) in [6.45, 7) is 0.0730. The molecule has 1 N–H and O–H groups in total. The summed E-state index contributed by atoms with van der Waals surface area (Å²) in [5.74, 6) is -2.36. The summed E-state index contributed by atoms with van der Waals surface area (Å²) in [6, 6.07) is 7.63. The quantitative estimate of drug-likeness (QED) is 0.649. The van der Waals surface area contributed by atoms with Crippen LogP contribution in [0.3, 0.4) is 0 Å². The Labute approximate surface area is 138 Å². The van der Waals surface area contributed by atoms with Gasteiger partial charge in [0.1, 0.15) is 13.2 Å². The highest BCUT2D eigenvalue weighted by molar-refractivity contribution is 6.44. The number of nitrogens with one attached hydrogen (secondary N) is 1. The van der Waals surface area contributed by atoms with Crippen LogP contribution >= 0.6 is 0 Å². The van der Waals surface area contributed by atoms with Crippen molar-refractivity contribution < 1.29 is 27.3 Å². The molecule has 0 bridgehead atoms. The van der Waals surface area contributed by atoms with Crippen molar-refractivity contribution >= 4 is 11.6 Å². The Morgan fingerprint density at radius 3 is 2.60 bits per heavy atom. The van der Waals surface area contributed by atoms with Crippen LogP contribution in [0.25, 0.3) is 11.4 Å². The van der Waals surface area contributed by atoms with Gasteiger partial charge in [0.2, 0.25) is 11.5 Å². The van der Waals surface area contributed by atoms with E-state index in [9.17, 15) is 18.0 Å². The summed E-state index contributed by atoms with van der Waals surface area (Å²) in [6.07, 6.45) is -4.71. The van der Waals surface area contributed by atoms with E-state index in [-0.39, 0.29) is 12.4 Å². The van der Waals surface area contributed by atoms with E-state index in [2.05, 4.69) is 30.0 Å². The SMILES string of the molecule is CO/N=C(\C#N)C(=O)NCc1ccc(-c2noc(C(F)(F)F)n2)cc1. The predicted molar refractivity (Wildman–Crippen MR) is 76.6 cm³/mol. The maximum Gasteiger partial charge on any atom is 0.471 e. The van der Waals surface area contributed by atoms with Crippen molar-refractivity contribution in [3.8, 4) is 17.5 Å². The van der Waals surface area contributed by atoms with Crippen LogP contribution in [0.5, 0.6) is 0 Å². The van der Waals surface area contributed by atoms with Crippen molar-refractivity contribution in [2.75, 3.05) is 7.11 Å².